The molecule has 0 spiro atoms. The Hall–Kier alpha value is -3.29. The molecule has 152 valence electrons. The molecule has 3 rings (SSSR count). The minimum absolute atomic E-state index is 0.281. The molecule has 1 saturated heterocycles. The van der Waals surface area contributed by atoms with Crippen LogP contribution in [0.25, 0.3) is 0 Å². The average Bonchev–Trinajstić information content (AvgIpc) is 2.93. The molecule has 1 heterocycles. The highest BCUT2D eigenvalue weighted by molar-refractivity contribution is 6.09. The molecule has 0 aromatic heterocycles. The maximum absolute atomic E-state index is 14.2. The van der Waals surface area contributed by atoms with E-state index in [4.69, 9.17) is 0 Å². The van der Waals surface area contributed by atoms with Gasteiger partial charge in [0, 0.05) is 12.6 Å². The van der Waals surface area contributed by atoms with Gasteiger partial charge in [0.15, 0.2) is 0 Å². The van der Waals surface area contributed by atoms with Crippen molar-refractivity contribution < 1.29 is 23.2 Å². The number of imide groups is 1. The first kappa shape index (κ1) is 20.4. The topological polar surface area (TPSA) is 69.7 Å². The highest BCUT2D eigenvalue weighted by atomic mass is 19.1. The van der Waals surface area contributed by atoms with Crippen LogP contribution in [-0.4, -0.2) is 41.2 Å². The number of hydrogen-bond acceptors (Lipinski definition) is 3. The summed E-state index contributed by atoms with van der Waals surface area (Å²) in [6.07, 6.45) is 0. The van der Waals surface area contributed by atoms with Gasteiger partial charge in [0.2, 0.25) is 5.91 Å². The fraction of sp³-hybridized carbons (Fsp3) is 0.286. The van der Waals surface area contributed by atoms with Gasteiger partial charge < -0.3 is 10.2 Å². The molecule has 4 amide bonds. The second kappa shape index (κ2) is 7.62. The second-order valence-corrected chi connectivity index (χ2v) is 7.16. The summed E-state index contributed by atoms with van der Waals surface area (Å²) in [5.41, 5.74) is -1.20. The zero-order valence-corrected chi connectivity index (χ0v) is 16.3. The van der Waals surface area contributed by atoms with Gasteiger partial charge in [0.25, 0.3) is 5.91 Å². The van der Waals surface area contributed by atoms with Crippen molar-refractivity contribution in [3.05, 3.63) is 71.3 Å². The highest BCUT2D eigenvalue weighted by Gasteiger charge is 2.51. The lowest BCUT2D eigenvalue weighted by molar-refractivity contribution is -0.139. The Morgan fingerprint density at radius 1 is 1.17 bits per heavy atom. The summed E-state index contributed by atoms with van der Waals surface area (Å²) in [6.45, 7) is 2.60. The number of halogens is 2. The second-order valence-electron chi connectivity index (χ2n) is 7.16. The van der Waals surface area contributed by atoms with Gasteiger partial charge >= 0.3 is 6.03 Å². The smallest absolute Gasteiger partial charge is 0.325 e. The van der Waals surface area contributed by atoms with Gasteiger partial charge in [-0.05, 0) is 37.6 Å². The number of benzene rings is 2. The molecule has 0 bridgehead atoms. The minimum Gasteiger partial charge on any atom is -0.337 e. The summed E-state index contributed by atoms with van der Waals surface area (Å²) < 4.78 is 27.8. The molecule has 8 heteroatoms. The minimum atomic E-state index is -1.80. The third kappa shape index (κ3) is 3.70. The van der Waals surface area contributed by atoms with Crippen LogP contribution in [0.3, 0.4) is 0 Å². The van der Waals surface area contributed by atoms with Crippen LogP contribution >= 0.6 is 0 Å². The third-order valence-electron chi connectivity index (χ3n) is 5.29. The van der Waals surface area contributed by atoms with Crippen molar-refractivity contribution in [3.8, 4) is 0 Å². The number of nitrogens with zero attached hydrogens (tertiary/aromatic N) is 2. The molecule has 0 radical (unpaired) electrons. The number of amides is 4. The van der Waals surface area contributed by atoms with Crippen LogP contribution < -0.4 is 5.32 Å². The lowest BCUT2D eigenvalue weighted by Crippen LogP contribution is -2.44. The summed E-state index contributed by atoms with van der Waals surface area (Å²) in [5.74, 6) is -2.85. The molecule has 1 fully saturated rings. The van der Waals surface area contributed by atoms with Crippen molar-refractivity contribution in [1.29, 1.82) is 0 Å². The lowest BCUT2D eigenvalue weighted by atomic mass is 9.91. The van der Waals surface area contributed by atoms with Gasteiger partial charge in [-0.1, -0.05) is 30.3 Å². The van der Waals surface area contributed by atoms with Gasteiger partial charge in [-0.15, -0.1) is 0 Å². The number of urea groups is 1. The molecular formula is C21H21F2N3O3. The van der Waals surface area contributed by atoms with E-state index in [9.17, 15) is 23.2 Å². The van der Waals surface area contributed by atoms with Crippen LogP contribution in [-0.2, 0) is 15.1 Å². The van der Waals surface area contributed by atoms with Crippen molar-refractivity contribution in [2.75, 3.05) is 13.6 Å². The first-order valence-corrected chi connectivity index (χ1v) is 9.05. The number of carbonyl (C=O) groups excluding carboxylic acids is 3. The Balaban J connectivity index is 1.80. The van der Waals surface area contributed by atoms with Crippen LogP contribution in [0.2, 0.25) is 0 Å². The molecular weight excluding hydrogens is 380 g/mol. The first-order chi connectivity index (χ1) is 13.6. The first-order valence-electron chi connectivity index (χ1n) is 9.05. The van der Waals surface area contributed by atoms with Crippen molar-refractivity contribution in [2.24, 2.45) is 0 Å². The zero-order chi connectivity index (χ0) is 21.3. The number of carbonyl (C=O) groups is 3. The molecule has 1 N–H and O–H groups in total. The summed E-state index contributed by atoms with van der Waals surface area (Å²) >= 11 is 0. The van der Waals surface area contributed by atoms with Gasteiger partial charge in [0.1, 0.15) is 23.7 Å². The average molecular weight is 401 g/mol. The van der Waals surface area contributed by atoms with Crippen LogP contribution in [0.4, 0.5) is 13.6 Å². The van der Waals surface area contributed by atoms with Gasteiger partial charge in [0.05, 0.1) is 6.04 Å². The third-order valence-corrected chi connectivity index (χ3v) is 5.29. The van der Waals surface area contributed by atoms with Crippen molar-refractivity contribution in [2.45, 2.75) is 25.4 Å². The Morgan fingerprint density at radius 2 is 1.83 bits per heavy atom. The van der Waals surface area contributed by atoms with Gasteiger partial charge in [-0.25, -0.2) is 13.6 Å². The maximum atomic E-state index is 14.2. The summed E-state index contributed by atoms with van der Waals surface area (Å²) in [7, 11) is 1.57. The monoisotopic (exact) mass is 401 g/mol. The Morgan fingerprint density at radius 3 is 2.48 bits per heavy atom. The van der Waals surface area contributed by atoms with Crippen molar-refractivity contribution >= 4 is 17.8 Å². The van der Waals surface area contributed by atoms with Crippen molar-refractivity contribution in [3.63, 3.8) is 0 Å². The lowest BCUT2D eigenvalue weighted by Gasteiger charge is -2.27. The molecule has 6 nitrogen and oxygen atoms in total. The van der Waals surface area contributed by atoms with Crippen molar-refractivity contribution in [1.82, 2.24) is 15.1 Å². The van der Waals surface area contributed by atoms with E-state index in [1.54, 1.807) is 7.05 Å². The number of hydrogen-bond donors (Lipinski definition) is 1. The van der Waals surface area contributed by atoms with E-state index in [-0.39, 0.29) is 11.6 Å². The molecule has 29 heavy (non-hydrogen) atoms. The molecule has 1 aliphatic rings. The number of likely N-dealkylation sites (N-methyl/N-ethyl adjacent to an activating group) is 1. The Kier molecular flexibility index (Phi) is 5.37. The molecule has 0 unspecified atom stereocenters. The van der Waals surface area contributed by atoms with E-state index in [1.165, 1.54) is 11.8 Å². The molecule has 2 aromatic rings. The van der Waals surface area contributed by atoms with Gasteiger partial charge in [-0.2, -0.15) is 0 Å². The Bertz CT molecular complexity index is 967. The van der Waals surface area contributed by atoms with E-state index in [0.717, 1.165) is 28.7 Å². The summed E-state index contributed by atoms with van der Waals surface area (Å²) in [6, 6.07) is 10.8. The standard InChI is InChI=1S/C21H21F2N3O3/c1-13(14-7-5-4-6-8-14)25(3)18(27)12-26-19(28)21(2,24-20(26)29)16-11-15(22)9-10-17(16)23/h4-11,13H,12H2,1-3H3,(H,24,29)/t13-,21+/m1/s1. The fourth-order valence-corrected chi connectivity index (χ4v) is 3.32. The predicted octanol–water partition coefficient (Wildman–Crippen LogP) is 2.95. The molecule has 1 aliphatic heterocycles. The van der Waals surface area contributed by atoms with Gasteiger partial charge in [-0.3, -0.25) is 14.5 Å². The maximum Gasteiger partial charge on any atom is 0.325 e. The molecule has 0 aliphatic carbocycles. The summed E-state index contributed by atoms with van der Waals surface area (Å²) in [5, 5.41) is 2.38. The van der Waals surface area contributed by atoms with E-state index in [0.29, 0.717) is 0 Å². The molecule has 2 aromatic carbocycles. The highest BCUT2D eigenvalue weighted by Crippen LogP contribution is 2.31. The SMILES string of the molecule is C[C@H](c1ccccc1)N(C)C(=O)CN1C(=O)N[C@@](C)(c2cc(F)ccc2F)C1=O. The van der Waals surface area contributed by atoms with E-state index < -0.39 is 41.6 Å². The van der Waals surface area contributed by atoms with Crippen LogP contribution in [0.1, 0.15) is 31.0 Å². The fourth-order valence-electron chi connectivity index (χ4n) is 3.32. The quantitative estimate of drug-likeness (QED) is 0.784. The largest absolute Gasteiger partial charge is 0.337 e. The summed E-state index contributed by atoms with van der Waals surface area (Å²) in [4.78, 5) is 40.1. The zero-order valence-electron chi connectivity index (χ0n) is 16.3. The van der Waals surface area contributed by atoms with E-state index >= 15 is 0 Å². The van der Waals surface area contributed by atoms with Crippen LogP contribution in [0.15, 0.2) is 48.5 Å². The number of nitrogens with one attached hydrogen (secondary N) is 1. The molecule has 0 saturated carbocycles. The predicted molar refractivity (Wildman–Crippen MR) is 102 cm³/mol. The van der Waals surface area contributed by atoms with E-state index in [1.807, 2.05) is 37.3 Å². The molecule has 2 atom stereocenters. The number of rotatable bonds is 5. The normalized spacial score (nSPS) is 19.8. The van der Waals surface area contributed by atoms with E-state index in [2.05, 4.69) is 5.32 Å². The Labute approximate surface area is 167 Å². The van der Waals surface area contributed by atoms with Crippen LogP contribution in [0, 0.1) is 11.6 Å². The van der Waals surface area contributed by atoms with Crippen LogP contribution in [0.5, 0.6) is 0 Å².